The number of carbonyl (C=O) groups excluding carboxylic acids is 1. The first-order chi connectivity index (χ1) is 16.5. The third-order valence-electron chi connectivity index (χ3n) is 5.75. The molecule has 2 aromatic carbocycles. The molecule has 0 atom stereocenters. The van der Waals surface area contributed by atoms with Crippen LogP contribution in [0.25, 0.3) is 0 Å². The number of methoxy groups -OCH3 is 1. The quantitative estimate of drug-likeness (QED) is 0.272. The van der Waals surface area contributed by atoms with Crippen LogP contribution in [-0.4, -0.2) is 24.2 Å². The molecule has 1 heterocycles. The standard InChI is InChI=1S/C25H25N3O5S/c1-16-11-19(8-9-22(16)28(30)31)33-14-18-12-17(7-10-23(18)32-2)13-26-27-25(29)21-15-34-24-6-4-3-5-20(21)24/h7-13,15H,3-6,14H2,1-2H3,(H,27,29)/b26-13+. The predicted molar refractivity (Wildman–Crippen MR) is 131 cm³/mol. The number of nitrogens with one attached hydrogen (secondary N) is 1. The van der Waals surface area contributed by atoms with E-state index in [1.54, 1.807) is 49.8 Å². The molecule has 176 valence electrons. The molecule has 1 amide bonds. The van der Waals surface area contributed by atoms with Crippen LogP contribution >= 0.6 is 11.3 Å². The van der Waals surface area contributed by atoms with Gasteiger partial charge in [0.1, 0.15) is 18.1 Å². The average molecular weight is 480 g/mol. The summed E-state index contributed by atoms with van der Waals surface area (Å²) in [7, 11) is 1.57. The summed E-state index contributed by atoms with van der Waals surface area (Å²) in [6, 6.07) is 10.1. The predicted octanol–water partition coefficient (Wildman–Crippen LogP) is 5.20. The summed E-state index contributed by atoms with van der Waals surface area (Å²) >= 11 is 1.65. The molecule has 34 heavy (non-hydrogen) atoms. The van der Waals surface area contributed by atoms with Crippen LogP contribution in [0.2, 0.25) is 0 Å². The van der Waals surface area contributed by atoms with Gasteiger partial charge >= 0.3 is 0 Å². The van der Waals surface area contributed by atoms with Crippen LogP contribution in [0.1, 0.15) is 50.3 Å². The smallest absolute Gasteiger partial charge is 0.272 e. The number of nitro groups is 1. The lowest BCUT2D eigenvalue weighted by atomic mass is 9.96. The SMILES string of the molecule is COc1ccc(/C=N/NC(=O)c2csc3c2CCCC3)cc1COc1ccc([N+](=O)[O-])c(C)c1. The molecule has 0 saturated heterocycles. The zero-order chi connectivity index (χ0) is 24.1. The summed E-state index contributed by atoms with van der Waals surface area (Å²) in [5.41, 5.74) is 6.64. The minimum Gasteiger partial charge on any atom is -0.496 e. The van der Waals surface area contributed by atoms with Crippen molar-refractivity contribution >= 4 is 29.1 Å². The molecule has 1 aliphatic rings. The van der Waals surface area contributed by atoms with Gasteiger partial charge in [0, 0.05) is 27.5 Å². The molecule has 4 rings (SSSR count). The highest BCUT2D eigenvalue weighted by molar-refractivity contribution is 7.10. The lowest BCUT2D eigenvalue weighted by molar-refractivity contribution is -0.385. The molecule has 0 radical (unpaired) electrons. The number of nitro benzene ring substituents is 1. The summed E-state index contributed by atoms with van der Waals surface area (Å²) in [4.78, 5) is 24.5. The lowest BCUT2D eigenvalue weighted by Gasteiger charge is -2.12. The van der Waals surface area contributed by atoms with E-state index >= 15 is 0 Å². The molecule has 9 heteroatoms. The van der Waals surface area contributed by atoms with Gasteiger partial charge in [0.15, 0.2) is 0 Å². The number of benzene rings is 2. The third-order valence-corrected chi connectivity index (χ3v) is 6.84. The largest absolute Gasteiger partial charge is 0.496 e. The fourth-order valence-electron chi connectivity index (χ4n) is 3.99. The van der Waals surface area contributed by atoms with Crippen molar-refractivity contribution in [1.82, 2.24) is 5.43 Å². The van der Waals surface area contributed by atoms with E-state index in [-0.39, 0.29) is 18.2 Å². The van der Waals surface area contributed by atoms with E-state index in [1.165, 1.54) is 17.4 Å². The summed E-state index contributed by atoms with van der Waals surface area (Å²) in [6.07, 6.45) is 5.87. The highest BCUT2D eigenvalue weighted by Gasteiger charge is 2.19. The van der Waals surface area contributed by atoms with Crippen LogP contribution < -0.4 is 14.9 Å². The molecule has 1 aromatic heterocycles. The number of rotatable bonds is 8. The number of amides is 1. The van der Waals surface area contributed by atoms with E-state index in [0.717, 1.165) is 41.5 Å². The lowest BCUT2D eigenvalue weighted by Crippen LogP contribution is -2.19. The van der Waals surface area contributed by atoms with Gasteiger partial charge in [-0.05, 0) is 74.1 Å². The minimum atomic E-state index is -0.420. The van der Waals surface area contributed by atoms with Crippen molar-refractivity contribution in [1.29, 1.82) is 0 Å². The highest BCUT2D eigenvalue weighted by Crippen LogP contribution is 2.30. The maximum absolute atomic E-state index is 12.6. The molecule has 0 aliphatic heterocycles. The number of fused-ring (bicyclic) bond motifs is 1. The first kappa shape index (κ1) is 23.4. The van der Waals surface area contributed by atoms with Gasteiger partial charge in [0.25, 0.3) is 11.6 Å². The van der Waals surface area contributed by atoms with Gasteiger partial charge in [-0.1, -0.05) is 0 Å². The number of hydrogen-bond acceptors (Lipinski definition) is 7. The summed E-state index contributed by atoms with van der Waals surface area (Å²) in [5, 5.41) is 17.1. The van der Waals surface area contributed by atoms with E-state index in [1.807, 2.05) is 17.5 Å². The van der Waals surface area contributed by atoms with Crippen molar-refractivity contribution < 1.29 is 19.2 Å². The minimum absolute atomic E-state index is 0.0492. The van der Waals surface area contributed by atoms with Crippen molar-refractivity contribution in [3.05, 3.63) is 84.6 Å². The zero-order valence-electron chi connectivity index (χ0n) is 19.0. The Labute approximate surface area is 201 Å². The zero-order valence-corrected chi connectivity index (χ0v) is 19.8. The third kappa shape index (κ3) is 5.26. The summed E-state index contributed by atoms with van der Waals surface area (Å²) in [5.74, 6) is 0.974. The summed E-state index contributed by atoms with van der Waals surface area (Å²) in [6.45, 7) is 1.87. The number of hydrazone groups is 1. The van der Waals surface area contributed by atoms with Gasteiger partial charge in [-0.2, -0.15) is 5.10 Å². The first-order valence-electron chi connectivity index (χ1n) is 10.9. The number of ether oxygens (including phenoxy) is 2. The van der Waals surface area contributed by atoms with Crippen LogP contribution in [0.3, 0.4) is 0 Å². The number of carbonyl (C=O) groups is 1. The van der Waals surface area contributed by atoms with Crippen molar-refractivity contribution in [3.8, 4) is 11.5 Å². The molecule has 0 unspecified atom stereocenters. The van der Waals surface area contributed by atoms with E-state index in [9.17, 15) is 14.9 Å². The Morgan fingerprint density at radius 1 is 1.24 bits per heavy atom. The van der Waals surface area contributed by atoms with Crippen LogP contribution in [0, 0.1) is 17.0 Å². The monoisotopic (exact) mass is 479 g/mol. The van der Waals surface area contributed by atoms with E-state index in [0.29, 0.717) is 17.1 Å². The molecular formula is C25H25N3O5S. The maximum atomic E-state index is 12.6. The van der Waals surface area contributed by atoms with Crippen molar-refractivity contribution in [3.63, 3.8) is 0 Å². The fraction of sp³-hybridized carbons (Fsp3) is 0.280. The molecule has 1 N–H and O–H groups in total. The number of aryl methyl sites for hydroxylation is 2. The van der Waals surface area contributed by atoms with Gasteiger partial charge < -0.3 is 9.47 Å². The van der Waals surface area contributed by atoms with Gasteiger partial charge in [-0.25, -0.2) is 5.43 Å². The molecule has 0 spiro atoms. The van der Waals surface area contributed by atoms with Crippen LogP contribution in [0.5, 0.6) is 11.5 Å². The van der Waals surface area contributed by atoms with E-state index in [4.69, 9.17) is 9.47 Å². The van der Waals surface area contributed by atoms with Crippen LogP contribution in [-0.2, 0) is 19.4 Å². The molecule has 0 saturated carbocycles. The van der Waals surface area contributed by atoms with Gasteiger partial charge in [0.05, 0.1) is 23.8 Å². The van der Waals surface area contributed by atoms with Crippen molar-refractivity contribution in [2.75, 3.05) is 7.11 Å². The van der Waals surface area contributed by atoms with Crippen molar-refractivity contribution in [2.24, 2.45) is 5.10 Å². The molecular weight excluding hydrogens is 454 g/mol. The van der Waals surface area contributed by atoms with Crippen LogP contribution in [0.15, 0.2) is 46.9 Å². The Morgan fingerprint density at radius 3 is 2.82 bits per heavy atom. The number of thiophene rings is 1. The Morgan fingerprint density at radius 2 is 2.06 bits per heavy atom. The van der Waals surface area contributed by atoms with E-state index in [2.05, 4.69) is 10.5 Å². The second-order valence-electron chi connectivity index (χ2n) is 8.02. The molecule has 8 nitrogen and oxygen atoms in total. The Balaban J connectivity index is 1.42. The summed E-state index contributed by atoms with van der Waals surface area (Å²) < 4.78 is 11.3. The molecule has 0 bridgehead atoms. The second-order valence-corrected chi connectivity index (χ2v) is 8.99. The van der Waals surface area contributed by atoms with Gasteiger partial charge in [0.2, 0.25) is 0 Å². The average Bonchev–Trinajstić information content (AvgIpc) is 3.27. The maximum Gasteiger partial charge on any atom is 0.272 e. The molecule has 1 aliphatic carbocycles. The Kier molecular flexibility index (Phi) is 7.22. The number of hydrogen-bond donors (Lipinski definition) is 1. The second kappa shape index (κ2) is 10.5. The highest BCUT2D eigenvalue weighted by atomic mass is 32.1. The van der Waals surface area contributed by atoms with Crippen LogP contribution in [0.4, 0.5) is 5.69 Å². The van der Waals surface area contributed by atoms with E-state index < -0.39 is 4.92 Å². The normalized spacial score (nSPS) is 12.9. The first-order valence-corrected chi connectivity index (χ1v) is 11.8. The Bertz CT molecular complexity index is 1250. The topological polar surface area (TPSA) is 103 Å². The Hall–Kier alpha value is -3.72. The molecule has 0 fully saturated rings. The number of nitrogens with zero attached hydrogens (tertiary/aromatic N) is 2. The van der Waals surface area contributed by atoms with Gasteiger partial charge in [-0.3, -0.25) is 14.9 Å². The fourth-order valence-corrected chi connectivity index (χ4v) is 5.11. The molecule has 3 aromatic rings. The van der Waals surface area contributed by atoms with Crippen molar-refractivity contribution in [2.45, 2.75) is 39.2 Å². The van der Waals surface area contributed by atoms with Gasteiger partial charge in [-0.15, -0.1) is 11.3 Å².